The molecule has 1 aromatic carbocycles. The van der Waals surface area contributed by atoms with Crippen molar-refractivity contribution in [3.8, 4) is 5.75 Å². The molecule has 1 unspecified atom stereocenters. The van der Waals surface area contributed by atoms with E-state index in [1.165, 1.54) is 0 Å². The number of carboxylic acids is 1. The molecule has 0 aromatic heterocycles. The maximum absolute atomic E-state index is 11.8. The third-order valence-electron chi connectivity index (χ3n) is 4.48. The Morgan fingerprint density at radius 2 is 1.32 bits per heavy atom. The van der Waals surface area contributed by atoms with E-state index in [0.29, 0.717) is 18.6 Å². The molecule has 0 amide bonds. The zero-order chi connectivity index (χ0) is 19.8. The second kappa shape index (κ2) is 7.01. The average molecular weight is 349 g/mol. The van der Waals surface area contributed by atoms with E-state index in [4.69, 9.17) is 0 Å². The maximum atomic E-state index is 11.8. The largest absolute Gasteiger partial charge is 0.507 e. The third kappa shape index (κ3) is 6.05. The van der Waals surface area contributed by atoms with Gasteiger partial charge in [0.05, 0.1) is 5.92 Å². The Labute approximate surface area is 153 Å². The smallest absolute Gasteiger partial charge is 0.306 e. The predicted molar refractivity (Wildman–Crippen MR) is 104 cm³/mol. The van der Waals surface area contributed by atoms with Crippen LogP contribution in [0.2, 0.25) is 0 Å². The topological polar surface area (TPSA) is 57.5 Å². The number of benzene rings is 1. The number of aliphatic carboxylic acids is 1. The van der Waals surface area contributed by atoms with Gasteiger partial charge in [-0.3, -0.25) is 4.79 Å². The first kappa shape index (κ1) is 21.5. The highest BCUT2D eigenvalue weighted by Gasteiger charge is 2.29. The summed E-state index contributed by atoms with van der Waals surface area (Å²) in [5.41, 5.74) is 2.31. The van der Waals surface area contributed by atoms with E-state index >= 15 is 0 Å². The molecule has 0 radical (unpaired) electrons. The molecule has 0 aliphatic carbocycles. The normalized spacial score (nSPS) is 14.4. The summed E-state index contributed by atoms with van der Waals surface area (Å²) in [6.45, 7) is 18.6. The van der Waals surface area contributed by atoms with Crippen molar-refractivity contribution in [3.63, 3.8) is 0 Å². The fraction of sp³-hybridized carbons (Fsp3) is 0.682. The van der Waals surface area contributed by atoms with Crippen LogP contribution in [0.3, 0.4) is 0 Å². The van der Waals surface area contributed by atoms with Gasteiger partial charge in [-0.15, -0.1) is 0 Å². The highest BCUT2D eigenvalue weighted by molar-refractivity contribution is 5.70. The molecule has 0 fully saturated rings. The van der Waals surface area contributed by atoms with E-state index in [9.17, 15) is 15.0 Å². The number of carboxylic acid groups (broad SMARTS) is 1. The first-order valence-corrected chi connectivity index (χ1v) is 9.12. The molecule has 1 aromatic rings. The number of phenolic OH excluding ortho intramolecular Hbond substituents is 1. The summed E-state index contributed by atoms with van der Waals surface area (Å²) in [5, 5.41) is 20.5. The van der Waals surface area contributed by atoms with Crippen molar-refractivity contribution in [1.82, 2.24) is 0 Å². The van der Waals surface area contributed by atoms with Crippen LogP contribution in [-0.2, 0) is 22.0 Å². The van der Waals surface area contributed by atoms with Crippen LogP contribution < -0.4 is 0 Å². The van der Waals surface area contributed by atoms with Crippen LogP contribution in [0.25, 0.3) is 0 Å². The molecule has 1 atom stereocenters. The van der Waals surface area contributed by atoms with Gasteiger partial charge in [0.1, 0.15) is 5.75 Å². The van der Waals surface area contributed by atoms with Crippen LogP contribution in [0.5, 0.6) is 5.75 Å². The summed E-state index contributed by atoms with van der Waals surface area (Å²) in [4.78, 5) is 11.8. The van der Waals surface area contributed by atoms with E-state index in [-0.39, 0.29) is 16.2 Å². The number of aromatic hydroxyl groups is 1. The fourth-order valence-electron chi connectivity index (χ4n) is 3.23. The first-order valence-electron chi connectivity index (χ1n) is 9.12. The Morgan fingerprint density at radius 3 is 1.60 bits per heavy atom. The molecule has 1 rings (SSSR count). The van der Waals surface area contributed by atoms with E-state index in [2.05, 4.69) is 62.3 Å². The van der Waals surface area contributed by atoms with Gasteiger partial charge in [0.25, 0.3) is 0 Å². The Kier molecular flexibility index (Phi) is 6.04. The Bertz CT molecular complexity index is 587. The minimum Gasteiger partial charge on any atom is -0.507 e. The molecule has 0 aliphatic rings. The summed E-state index contributed by atoms with van der Waals surface area (Å²) in [5.74, 6) is -0.839. The van der Waals surface area contributed by atoms with Crippen molar-refractivity contribution >= 4 is 5.97 Å². The van der Waals surface area contributed by atoms with Crippen LogP contribution in [0.1, 0.15) is 85.4 Å². The summed E-state index contributed by atoms with van der Waals surface area (Å²) in [6, 6.07) is 3.98. The monoisotopic (exact) mass is 348 g/mol. The van der Waals surface area contributed by atoms with Gasteiger partial charge in [-0.2, -0.15) is 0 Å². The summed E-state index contributed by atoms with van der Waals surface area (Å²) < 4.78 is 0. The molecule has 0 bridgehead atoms. The molecule has 0 saturated heterocycles. The van der Waals surface area contributed by atoms with Gasteiger partial charge in [-0.25, -0.2) is 0 Å². The molecule has 0 spiro atoms. The zero-order valence-electron chi connectivity index (χ0n) is 17.4. The van der Waals surface area contributed by atoms with Crippen molar-refractivity contribution in [1.29, 1.82) is 0 Å². The predicted octanol–water partition coefficient (Wildman–Crippen LogP) is 5.67. The molecule has 2 N–H and O–H groups in total. The highest BCUT2D eigenvalue weighted by Crippen LogP contribution is 2.40. The van der Waals surface area contributed by atoms with Gasteiger partial charge < -0.3 is 10.2 Å². The minimum atomic E-state index is -0.752. The molecule has 25 heavy (non-hydrogen) atoms. The number of hydrogen-bond acceptors (Lipinski definition) is 2. The number of carbonyl (C=O) groups is 1. The van der Waals surface area contributed by atoms with Crippen LogP contribution in [0.15, 0.2) is 12.1 Å². The lowest BCUT2D eigenvalue weighted by atomic mass is 9.76. The first-order chi connectivity index (χ1) is 11.0. The number of phenols is 1. The fourth-order valence-corrected chi connectivity index (χ4v) is 3.23. The molecule has 0 heterocycles. The summed E-state index contributed by atoms with van der Waals surface area (Å²) in [7, 11) is 0. The van der Waals surface area contributed by atoms with Gasteiger partial charge in [-0.05, 0) is 45.8 Å². The third-order valence-corrected chi connectivity index (χ3v) is 4.48. The van der Waals surface area contributed by atoms with Gasteiger partial charge in [0.15, 0.2) is 0 Å². The zero-order valence-corrected chi connectivity index (χ0v) is 17.4. The molecule has 0 saturated carbocycles. The second-order valence-electron chi connectivity index (χ2n) is 10.5. The van der Waals surface area contributed by atoms with Gasteiger partial charge in [-0.1, -0.05) is 74.4 Å². The van der Waals surface area contributed by atoms with Crippen LogP contribution in [0, 0.1) is 11.3 Å². The molecule has 3 heteroatoms. The number of hydrogen-bond donors (Lipinski definition) is 2. The van der Waals surface area contributed by atoms with E-state index in [0.717, 1.165) is 16.7 Å². The molecule has 142 valence electrons. The van der Waals surface area contributed by atoms with Crippen molar-refractivity contribution in [2.24, 2.45) is 11.3 Å². The van der Waals surface area contributed by atoms with E-state index in [1.54, 1.807) is 0 Å². The van der Waals surface area contributed by atoms with Gasteiger partial charge in [0, 0.05) is 0 Å². The van der Waals surface area contributed by atoms with Crippen molar-refractivity contribution in [2.75, 3.05) is 0 Å². The van der Waals surface area contributed by atoms with Crippen molar-refractivity contribution in [2.45, 2.75) is 86.0 Å². The average Bonchev–Trinajstić information content (AvgIpc) is 2.35. The Balaban J connectivity index is 3.42. The Morgan fingerprint density at radius 1 is 0.920 bits per heavy atom. The maximum Gasteiger partial charge on any atom is 0.306 e. The van der Waals surface area contributed by atoms with Crippen LogP contribution >= 0.6 is 0 Å². The minimum absolute atomic E-state index is 0.0420. The molecular weight excluding hydrogens is 312 g/mol. The lowest BCUT2D eigenvalue weighted by molar-refractivity contribution is -0.142. The van der Waals surface area contributed by atoms with Crippen LogP contribution in [0.4, 0.5) is 0 Å². The number of rotatable bonds is 4. The highest BCUT2D eigenvalue weighted by atomic mass is 16.4. The summed E-state index contributed by atoms with van der Waals surface area (Å²) in [6.07, 6.45) is 1.11. The molecule has 0 aliphatic heterocycles. The van der Waals surface area contributed by atoms with Crippen molar-refractivity contribution < 1.29 is 15.0 Å². The SMILES string of the molecule is CC(C)(C)CC(Cc1cc(C(C)(C)C)c(O)c(C(C)(C)C)c1)C(=O)O. The van der Waals surface area contributed by atoms with Crippen LogP contribution in [-0.4, -0.2) is 16.2 Å². The van der Waals surface area contributed by atoms with Gasteiger partial charge >= 0.3 is 5.97 Å². The van der Waals surface area contributed by atoms with E-state index in [1.807, 2.05) is 12.1 Å². The standard InChI is InChI=1S/C22H36O3/c1-20(2,3)13-15(19(24)25)10-14-11-16(21(4,5)6)18(23)17(12-14)22(7,8)9/h11-12,15,23H,10,13H2,1-9H3,(H,24,25). The van der Waals surface area contributed by atoms with E-state index < -0.39 is 11.9 Å². The Hall–Kier alpha value is -1.51. The second-order valence-corrected chi connectivity index (χ2v) is 10.5. The molecule has 3 nitrogen and oxygen atoms in total. The quantitative estimate of drug-likeness (QED) is 0.737. The van der Waals surface area contributed by atoms with Gasteiger partial charge in [0.2, 0.25) is 0 Å². The lowest BCUT2D eigenvalue weighted by Gasteiger charge is -2.29. The summed E-state index contributed by atoms with van der Waals surface area (Å²) >= 11 is 0. The lowest BCUT2D eigenvalue weighted by Crippen LogP contribution is -2.24. The molecular formula is C22H36O3. The van der Waals surface area contributed by atoms with Crippen molar-refractivity contribution in [3.05, 3.63) is 28.8 Å².